The molecule has 0 amide bonds. The highest BCUT2D eigenvalue weighted by atomic mass is 32.1. The van der Waals surface area contributed by atoms with E-state index in [2.05, 4.69) is 15.5 Å². The molecule has 0 unspecified atom stereocenters. The Balaban J connectivity index is 2.21. The van der Waals surface area contributed by atoms with Crippen molar-refractivity contribution in [1.29, 1.82) is 0 Å². The summed E-state index contributed by atoms with van der Waals surface area (Å²) in [5, 5.41) is 16.7. The quantitative estimate of drug-likeness (QED) is 0.733. The van der Waals surface area contributed by atoms with Crippen LogP contribution in [0.2, 0.25) is 0 Å². The van der Waals surface area contributed by atoms with Crippen LogP contribution in [-0.2, 0) is 10.9 Å². The third-order valence-corrected chi connectivity index (χ3v) is 2.57. The summed E-state index contributed by atoms with van der Waals surface area (Å²) in [6.45, 7) is 1.09. The number of anilines is 1. The predicted molar refractivity (Wildman–Crippen MR) is 55.9 cm³/mol. The fourth-order valence-electron chi connectivity index (χ4n) is 0.945. The van der Waals surface area contributed by atoms with E-state index in [1.165, 1.54) is 0 Å². The fraction of sp³-hybridized carbons (Fsp3) is 0.750. The van der Waals surface area contributed by atoms with Gasteiger partial charge in [0.2, 0.25) is 10.1 Å². The molecule has 0 spiro atoms. The van der Waals surface area contributed by atoms with Gasteiger partial charge in [-0.2, -0.15) is 13.2 Å². The van der Waals surface area contributed by atoms with E-state index in [1.807, 2.05) is 0 Å². The first-order valence-electron chi connectivity index (χ1n) is 4.87. The SMILES string of the molecule is OCCOCCCNc1nnc(C(F)(F)F)s1. The van der Waals surface area contributed by atoms with E-state index < -0.39 is 11.2 Å². The van der Waals surface area contributed by atoms with E-state index >= 15 is 0 Å². The molecule has 1 aromatic heterocycles. The Kier molecular flexibility index (Phi) is 5.59. The zero-order valence-electron chi connectivity index (χ0n) is 8.83. The van der Waals surface area contributed by atoms with Crippen LogP contribution in [-0.4, -0.2) is 41.7 Å². The van der Waals surface area contributed by atoms with Gasteiger partial charge in [-0.3, -0.25) is 0 Å². The number of halogens is 3. The molecule has 0 aliphatic carbocycles. The smallest absolute Gasteiger partial charge is 0.394 e. The van der Waals surface area contributed by atoms with Crippen molar-refractivity contribution in [1.82, 2.24) is 10.2 Å². The normalized spacial score (nSPS) is 11.8. The summed E-state index contributed by atoms with van der Waals surface area (Å²) in [5.41, 5.74) is 0. The molecule has 0 aromatic carbocycles. The molecule has 0 fully saturated rings. The second-order valence-corrected chi connectivity index (χ2v) is 4.00. The molecule has 1 aromatic rings. The number of ether oxygens (including phenoxy) is 1. The standard InChI is InChI=1S/C8H12F3N3O2S/c9-8(10,11)6-13-14-7(17-6)12-2-1-4-16-5-3-15/h15H,1-5H2,(H,12,14). The maximum Gasteiger partial charge on any atom is 0.445 e. The highest BCUT2D eigenvalue weighted by molar-refractivity contribution is 7.15. The Hall–Kier alpha value is -0.930. The van der Waals surface area contributed by atoms with Gasteiger partial charge in [0.1, 0.15) is 0 Å². The minimum Gasteiger partial charge on any atom is -0.394 e. The van der Waals surface area contributed by atoms with Crippen LogP contribution in [0.15, 0.2) is 0 Å². The second kappa shape index (κ2) is 6.72. The maximum absolute atomic E-state index is 12.2. The summed E-state index contributed by atoms with van der Waals surface area (Å²) in [6.07, 6.45) is -3.83. The van der Waals surface area contributed by atoms with Gasteiger partial charge in [-0.25, -0.2) is 0 Å². The number of hydrogen-bond donors (Lipinski definition) is 2. The lowest BCUT2D eigenvalue weighted by Gasteiger charge is -2.02. The van der Waals surface area contributed by atoms with Crippen LogP contribution in [0.4, 0.5) is 18.3 Å². The Morgan fingerprint density at radius 1 is 1.29 bits per heavy atom. The van der Waals surface area contributed by atoms with Gasteiger partial charge in [-0.1, -0.05) is 11.3 Å². The lowest BCUT2D eigenvalue weighted by molar-refractivity contribution is -0.138. The number of hydrogen-bond acceptors (Lipinski definition) is 6. The van der Waals surface area contributed by atoms with Crippen molar-refractivity contribution < 1.29 is 23.0 Å². The summed E-state index contributed by atoms with van der Waals surface area (Å²) in [4.78, 5) is 0. The van der Waals surface area contributed by atoms with Crippen LogP contribution >= 0.6 is 11.3 Å². The molecule has 0 aliphatic heterocycles. The summed E-state index contributed by atoms with van der Waals surface area (Å²) < 4.78 is 41.5. The predicted octanol–water partition coefficient (Wildman–Crippen LogP) is 1.37. The maximum atomic E-state index is 12.2. The molecule has 98 valence electrons. The zero-order valence-corrected chi connectivity index (χ0v) is 9.64. The number of aliphatic hydroxyl groups is 1. The number of aliphatic hydroxyl groups excluding tert-OH is 1. The summed E-state index contributed by atoms with van der Waals surface area (Å²) >= 11 is 0.469. The minimum atomic E-state index is -4.44. The third kappa shape index (κ3) is 5.29. The molecule has 5 nitrogen and oxygen atoms in total. The molecule has 0 saturated carbocycles. The molecule has 9 heteroatoms. The first-order chi connectivity index (χ1) is 8.04. The first kappa shape index (κ1) is 14.1. The highest BCUT2D eigenvalue weighted by Crippen LogP contribution is 2.32. The van der Waals surface area contributed by atoms with Gasteiger partial charge in [-0.15, -0.1) is 10.2 Å². The van der Waals surface area contributed by atoms with Crippen LogP contribution < -0.4 is 5.32 Å². The molecule has 1 heterocycles. The van der Waals surface area contributed by atoms with Gasteiger partial charge in [0.05, 0.1) is 13.2 Å². The van der Waals surface area contributed by atoms with E-state index in [-0.39, 0.29) is 18.3 Å². The molecular weight excluding hydrogens is 259 g/mol. The van der Waals surface area contributed by atoms with Crippen LogP contribution in [0.25, 0.3) is 0 Å². The van der Waals surface area contributed by atoms with Gasteiger partial charge in [-0.05, 0) is 6.42 Å². The Morgan fingerprint density at radius 2 is 2.06 bits per heavy atom. The van der Waals surface area contributed by atoms with Crippen molar-refractivity contribution in [2.24, 2.45) is 0 Å². The van der Waals surface area contributed by atoms with Crippen molar-refractivity contribution in [3.05, 3.63) is 5.01 Å². The van der Waals surface area contributed by atoms with E-state index in [0.29, 0.717) is 30.9 Å². The van der Waals surface area contributed by atoms with Crippen molar-refractivity contribution in [2.45, 2.75) is 12.6 Å². The summed E-state index contributed by atoms with van der Waals surface area (Å²) in [6, 6.07) is 0. The Bertz CT molecular complexity index is 332. The van der Waals surface area contributed by atoms with Crippen LogP contribution in [0, 0.1) is 0 Å². The number of aromatic nitrogens is 2. The molecule has 1 rings (SSSR count). The number of nitrogens with zero attached hydrogens (tertiary/aromatic N) is 2. The van der Waals surface area contributed by atoms with E-state index in [0.717, 1.165) is 0 Å². The van der Waals surface area contributed by atoms with Crippen molar-refractivity contribution in [2.75, 3.05) is 31.7 Å². The highest BCUT2D eigenvalue weighted by Gasteiger charge is 2.35. The molecule has 0 aliphatic rings. The van der Waals surface area contributed by atoms with Crippen LogP contribution in [0.1, 0.15) is 11.4 Å². The lowest BCUT2D eigenvalue weighted by atomic mass is 10.4. The largest absolute Gasteiger partial charge is 0.445 e. The van der Waals surface area contributed by atoms with Gasteiger partial charge >= 0.3 is 6.18 Å². The monoisotopic (exact) mass is 271 g/mol. The average molecular weight is 271 g/mol. The third-order valence-electron chi connectivity index (χ3n) is 1.64. The summed E-state index contributed by atoms with van der Waals surface area (Å²) in [7, 11) is 0. The number of rotatable bonds is 7. The van der Waals surface area contributed by atoms with Gasteiger partial charge < -0.3 is 15.2 Å². The molecule has 0 saturated heterocycles. The van der Waals surface area contributed by atoms with Crippen LogP contribution in [0.5, 0.6) is 0 Å². The molecule has 0 bridgehead atoms. The molecular formula is C8H12F3N3O2S. The van der Waals surface area contributed by atoms with E-state index in [9.17, 15) is 13.2 Å². The second-order valence-electron chi connectivity index (χ2n) is 3.03. The fourth-order valence-corrected chi connectivity index (χ4v) is 1.58. The molecule has 17 heavy (non-hydrogen) atoms. The molecule has 2 N–H and O–H groups in total. The van der Waals surface area contributed by atoms with Gasteiger partial charge in [0.15, 0.2) is 0 Å². The Morgan fingerprint density at radius 3 is 2.65 bits per heavy atom. The van der Waals surface area contributed by atoms with E-state index in [1.54, 1.807) is 0 Å². The zero-order chi connectivity index (χ0) is 12.7. The molecule has 0 radical (unpaired) electrons. The molecule has 0 atom stereocenters. The summed E-state index contributed by atoms with van der Waals surface area (Å²) in [5.74, 6) is 0. The topological polar surface area (TPSA) is 67.3 Å². The van der Waals surface area contributed by atoms with Gasteiger partial charge in [0.25, 0.3) is 0 Å². The first-order valence-corrected chi connectivity index (χ1v) is 5.69. The number of alkyl halides is 3. The lowest BCUT2D eigenvalue weighted by Crippen LogP contribution is -2.07. The Labute approximate surface area is 99.6 Å². The van der Waals surface area contributed by atoms with Crippen molar-refractivity contribution in [3.63, 3.8) is 0 Å². The number of nitrogens with one attached hydrogen (secondary N) is 1. The minimum absolute atomic E-state index is 0.0429. The van der Waals surface area contributed by atoms with Crippen molar-refractivity contribution in [3.8, 4) is 0 Å². The van der Waals surface area contributed by atoms with E-state index in [4.69, 9.17) is 9.84 Å². The van der Waals surface area contributed by atoms with Crippen molar-refractivity contribution >= 4 is 16.5 Å². The van der Waals surface area contributed by atoms with Gasteiger partial charge in [0, 0.05) is 13.2 Å². The average Bonchev–Trinajstić information content (AvgIpc) is 2.71. The van der Waals surface area contributed by atoms with Crippen LogP contribution in [0.3, 0.4) is 0 Å².